The minimum Gasteiger partial charge on any atom is -0.342 e. The predicted octanol–water partition coefficient (Wildman–Crippen LogP) is 3.11. The molecule has 1 aromatic rings. The van der Waals surface area contributed by atoms with E-state index in [9.17, 15) is 4.79 Å². The second-order valence-corrected chi connectivity index (χ2v) is 7.18. The van der Waals surface area contributed by atoms with Gasteiger partial charge in [-0.3, -0.25) is 4.79 Å². The van der Waals surface area contributed by atoms with Crippen LogP contribution in [-0.4, -0.2) is 29.9 Å². The van der Waals surface area contributed by atoms with Crippen LogP contribution in [0.5, 0.6) is 0 Å². The number of thiophene rings is 1. The zero-order valence-corrected chi connectivity index (χ0v) is 13.2. The molecule has 110 valence electrons. The van der Waals surface area contributed by atoms with Crippen LogP contribution in [0.25, 0.3) is 0 Å². The van der Waals surface area contributed by atoms with Crippen molar-refractivity contribution in [1.82, 2.24) is 10.2 Å². The van der Waals surface area contributed by atoms with Gasteiger partial charge in [-0.25, -0.2) is 0 Å². The Morgan fingerprint density at radius 1 is 1.35 bits per heavy atom. The first-order valence-corrected chi connectivity index (χ1v) is 8.62. The summed E-state index contributed by atoms with van der Waals surface area (Å²) in [6.45, 7) is 6.30. The Bertz CT molecular complexity index is 473. The van der Waals surface area contributed by atoms with Gasteiger partial charge in [0.15, 0.2) is 0 Å². The van der Waals surface area contributed by atoms with Crippen LogP contribution < -0.4 is 5.32 Å². The highest BCUT2D eigenvalue weighted by Gasteiger charge is 2.35. The Kier molecular flexibility index (Phi) is 4.13. The molecule has 3 rings (SSSR count). The fourth-order valence-corrected chi connectivity index (χ4v) is 4.06. The maximum Gasteiger partial charge on any atom is 0.225 e. The molecule has 2 aliphatic rings. The van der Waals surface area contributed by atoms with Gasteiger partial charge in [-0.2, -0.15) is 0 Å². The summed E-state index contributed by atoms with van der Waals surface area (Å²) in [7, 11) is 0. The van der Waals surface area contributed by atoms with Gasteiger partial charge < -0.3 is 10.2 Å². The summed E-state index contributed by atoms with van der Waals surface area (Å²) < 4.78 is 0. The minimum atomic E-state index is 0.368. The lowest BCUT2D eigenvalue weighted by atomic mass is 10.0. The molecular formula is C16H24N2OS. The third-order valence-corrected chi connectivity index (χ3v) is 5.72. The topological polar surface area (TPSA) is 32.3 Å². The van der Waals surface area contributed by atoms with Crippen molar-refractivity contribution in [2.45, 2.75) is 51.6 Å². The number of amides is 1. The van der Waals surface area contributed by atoms with Crippen LogP contribution in [0, 0.1) is 12.8 Å². The van der Waals surface area contributed by atoms with Crippen molar-refractivity contribution in [3.8, 4) is 0 Å². The maximum atomic E-state index is 12.0. The average Bonchev–Trinajstić information content (AvgIpc) is 3.21. The molecule has 0 spiro atoms. The van der Waals surface area contributed by atoms with Crippen LogP contribution in [0.3, 0.4) is 0 Å². The summed E-state index contributed by atoms with van der Waals surface area (Å²) in [5.41, 5.74) is 1.39. The van der Waals surface area contributed by atoms with Gasteiger partial charge in [-0.05, 0) is 56.5 Å². The fraction of sp³-hybridized carbons (Fsp3) is 0.688. The van der Waals surface area contributed by atoms with Gasteiger partial charge in [0.05, 0.1) is 0 Å². The number of hydrogen-bond acceptors (Lipinski definition) is 3. The molecule has 1 saturated heterocycles. The largest absolute Gasteiger partial charge is 0.342 e. The van der Waals surface area contributed by atoms with Crippen molar-refractivity contribution in [3.05, 3.63) is 21.9 Å². The van der Waals surface area contributed by atoms with E-state index in [4.69, 9.17) is 0 Å². The van der Waals surface area contributed by atoms with Crippen molar-refractivity contribution < 1.29 is 4.79 Å². The van der Waals surface area contributed by atoms with E-state index in [0.29, 0.717) is 23.9 Å². The normalized spacial score (nSPS) is 22.0. The highest BCUT2D eigenvalue weighted by atomic mass is 32.1. The highest BCUT2D eigenvalue weighted by molar-refractivity contribution is 7.10. The molecular weight excluding hydrogens is 268 g/mol. The molecule has 3 nitrogen and oxygen atoms in total. The van der Waals surface area contributed by atoms with Gasteiger partial charge in [0.2, 0.25) is 5.91 Å². The summed E-state index contributed by atoms with van der Waals surface area (Å²) >= 11 is 1.84. The first-order valence-electron chi connectivity index (χ1n) is 7.74. The number of nitrogens with zero attached hydrogens (tertiary/aromatic N) is 1. The number of likely N-dealkylation sites (tertiary alicyclic amines) is 1. The van der Waals surface area contributed by atoms with Crippen LogP contribution in [0.1, 0.15) is 49.1 Å². The quantitative estimate of drug-likeness (QED) is 0.925. The number of piperidine rings is 1. The Labute approximate surface area is 125 Å². The second kappa shape index (κ2) is 5.86. The molecule has 2 fully saturated rings. The standard InChI is InChI=1S/C16H24N2OS/c1-11-7-10-20-15(11)12(2)17-14-5-8-18(9-6-14)16(19)13-3-4-13/h7,10,12-14,17H,3-6,8-9H2,1-2H3. The van der Waals surface area contributed by atoms with E-state index in [1.165, 1.54) is 10.4 Å². The van der Waals surface area contributed by atoms with Crippen LogP contribution in [0.2, 0.25) is 0 Å². The van der Waals surface area contributed by atoms with E-state index in [1.54, 1.807) is 0 Å². The number of nitrogens with one attached hydrogen (secondary N) is 1. The van der Waals surface area contributed by atoms with E-state index in [0.717, 1.165) is 38.8 Å². The number of aryl methyl sites for hydroxylation is 1. The number of hydrogen-bond donors (Lipinski definition) is 1. The van der Waals surface area contributed by atoms with Gasteiger partial charge in [0.1, 0.15) is 0 Å². The molecule has 1 atom stereocenters. The predicted molar refractivity (Wildman–Crippen MR) is 82.9 cm³/mol. The van der Waals surface area contributed by atoms with Gasteiger partial charge in [-0.1, -0.05) is 0 Å². The van der Waals surface area contributed by atoms with E-state index >= 15 is 0 Å². The molecule has 4 heteroatoms. The lowest BCUT2D eigenvalue weighted by Crippen LogP contribution is -2.45. The Balaban J connectivity index is 1.48. The molecule has 1 aliphatic carbocycles. The summed E-state index contributed by atoms with van der Waals surface area (Å²) in [5, 5.41) is 5.91. The molecule has 1 aliphatic heterocycles. The molecule has 0 aromatic carbocycles. The Hall–Kier alpha value is -0.870. The van der Waals surface area contributed by atoms with E-state index in [-0.39, 0.29) is 0 Å². The van der Waals surface area contributed by atoms with E-state index < -0.39 is 0 Å². The molecule has 1 saturated carbocycles. The smallest absolute Gasteiger partial charge is 0.225 e. The zero-order valence-electron chi connectivity index (χ0n) is 12.4. The maximum absolute atomic E-state index is 12.0. The van der Waals surface area contributed by atoms with Crippen molar-refractivity contribution in [3.63, 3.8) is 0 Å². The number of carbonyl (C=O) groups is 1. The third-order valence-electron chi connectivity index (χ3n) is 4.51. The fourth-order valence-electron chi connectivity index (χ4n) is 3.11. The highest BCUT2D eigenvalue weighted by Crippen LogP contribution is 2.32. The third kappa shape index (κ3) is 3.07. The Morgan fingerprint density at radius 2 is 2.05 bits per heavy atom. The summed E-state index contributed by atoms with van der Waals surface area (Å²) in [6.07, 6.45) is 4.41. The lowest BCUT2D eigenvalue weighted by molar-refractivity contribution is -0.133. The summed E-state index contributed by atoms with van der Waals surface area (Å²) in [5.74, 6) is 0.776. The van der Waals surface area contributed by atoms with Crippen molar-refractivity contribution in [1.29, 1.82) is 0 Å². The molecule has 0 radical (unpaired) electrons. The lowest BCUT2D eigenvalue weighted by Gasteiger charge is -2.34. The van der Waals surface area contributed by atoms with Gasteiger partial charge >= 0.3 is 0 Å². The molecule has 2 heterocycles. The number of rotatable bonds is 4. The van der Waals surface area contributed by atoms with Crippen molar-refractivity contribution in [2.24, 2.45) is 5.92 Å². The second-order valence-electron chi connectivity index (χ2n) is 6.23. The minimum absolute atomic E-state index is 0.368. The van der Waals surface area contributed by atoms with Crippen LogP contribution in [0.15, 0.2) is 11.4 Å². The summed E-state index contributed by atoms with van der Waals surface area (Å²) in [6, 6.07) is 3.16. The summed E-state index contributed by atoms with van der Waals surface area (Å²) in [4.78, 5) is 15.6. The molecule has 1 unspecified atom stereocenters. The molecule has 0 bridgehead atoms. The Morgan fingerprint density at radius 3 is 2.60 bits per heavy atom. The van der Waals surface area contributed by atoms with Gasteiger partial charge in [0.25, 0.3) is 0 Å². The van der Waals surface area contributed by atoms with Crippen molar-refractivity contribution >= 4 is 17.2 Å². The molecule has 1 aromatic heterocycles. The monoisotopic (exact) mass is 292 g/mol. The molecule has 1 amide bonds. The van der Waals surface area contributed by atoms with Crippen LogP contribution in [0.4, 0.5) is 0 Å². The number of carbonyl (C=O) groups excluding carboxylic acids is 1. The first-order chi connectivity index (χ1) is 9.65. The molecule has 1 N–H and O–H groups in total. The first kappa shape index (κ1) is 14.1. The van der Waals surface area contributed by atoms with Crippen molar-refractivity contribution in [2.75, 3.05) is 13.1 Å². The van der Waals surface area contributed by atoms with Crippen LogP contribution in [-0.2, 0) is 4.79 Å². The van der Waals surface area contributed by atoms with Gasteiger partial charge in [-0.15, -0.1) is 11.3 Å². The zero-order chi connectivity index (χ0) is 14.1. The van der Waals surface area contributed by atoms with E-state index in [1.807, 2.05) is 11.3 Å². The van der Waals surface area contributed by atoms with Gasteiger partial charge in [0, 0.05) is 36.0 Å². The van der Waals surface area contributed by atoms with E-state index in [2.05, 4.69) is 35.5 Å². The molecule has 20 heavy (non-hydrogen) atoms. The van der Waals surface area contributed by atoms with Crippen LogP contribution >= 0.6 is 11.3 Å². The average molecular weight is 292 g/mol. The SMILES string of the molecule is Cc1ccsc1C(C)NC1CCN(C(=O)C2CC2)CC1.